The van der Waals surface area contributed by atoms with E-state index in [0.717, 1.165) is 24.2 Å². The topological polar surface area (TPSA) is 46.3 Å². The van der Waals surface area contributed by atoms with Crippen molar-refractivity contribution in [2.75, 3.05) is 18.8 Å². The zero-order valence-electron chi connectivity index (χ0n) is 9.58. The first-order valence-electron chi connectivity index (χ1n) is 5.25. The van der Waals surface area contributed by atoms with E-state index in [9.17, 15) is 4.79 Å². The molecule has 0 aliphatic heterocycles. The number of anilines is 1. The number of benzene rings is 1. The Kier molecular flexibility index (Phi) is 3.72. The van der Waals surface area contributed by atoms with Crippen molar-refractivity contribution in [1.82, 2.24) is 4.90 Å². The fraction of sp³-hybridized carbons (Fsp3) is 0.417. The van der Waals surface area contributed by atoms with Crippen molar-refractivity contribution in [2.24, 2.45) is 0 Å². The zero-order chi connectivity index (χ0) is 11.4. The number of nitrogens with zero attached hydrogens (tertiary/aromatic N) is 1. The molecule has 82 valence electrons. The fourth-order valence-corrected chi connectivity index (χ4v) is 1.61. The number of hydrogen-bond donors (Lipinski definition) is 1. The Morgan fingerprint density at radius 2 is 1.93 bits per heavy atom. The van der Waals surface area contributed by atoms with Crippen LogP contribution in [0.15, 0.2) is 18.2 Å². The molecule has 0 fully saturated rings. The molecule has 3 nitrogen and oxygen atoms in total. The van der Waals surface area contributed by atoms with Gasteiger partial charge in [0.2, 0.25) is 0 Å². The van der Waals surface area contributed by atoms with Crippen molar-refractivity contribution in [3.63, 3.8) is 0 Å². The SMILES string of the molecule is CCN(CC)C(=O)c1ccc(N)cc1C. The van der Waals surface area contributed by atoms with Gasteiger partial charge in [0.1, 0.15) is 0 Å². The molecule has 0 aliphatic rings. The highest BCUT2D eigenvalue weighted by Gasteiger charge is 2.14. The first kappa shape index (κ1) is 11.6. The molecule has 0 aromatic heterocycles. The highest BCUT2D eigenvalue weighted by atomic mass is 16.2. The summed E-state index contributed by atoms with van der Waals surface area (Å²) in [5.74, 6) is 0.0810. The van der Waals surface area contributed by atoms with Gasteiger partial charge >= 0.3 is 0 Å². The molecule has 0 aliphatic carbocycles. The van der Waals surface area contributed by atoms with Crippen LogP contribution in [0.1, 0.15) is 29.8 Å². The summed E-state index contributed by atoms with van der Waals surface area (Å²) in [6, 6.07) is 5.39. The summed E-state index contributed by atoms with van der Waals surface area (Å²) in [5.41, 5.74) is 8.02. The summed E-state index contributed by atoms with van der Waals surface area (Å²) < 4.78 is 0. The molecule has 1 aromatic carbocycles. The summed E-state index contributed by atoms with van der Waals surface area (Å²) in [5, 5.41) is 0. The predicted octanol–water partition coefficient (Wildman–Crippen LogP) is 2.06. The molecule has 3 heteroatoms. The van der Waals surface area contributed by atoms with E-state index in [0.29, 0.717) is 5.69 Å². The maximum atomic E-state index is 12.0. The molecular formula is C12H18N2O. The van der Waals surface area contributed by atoms with Crippen LogP contribution in [0.2, 0.25) is 0 Å². The summed E-state index contributed by atoms with van der Waals surface area (Å²) in [7, 11) is 0. The number of nitrogens with two attached hydrogens (primary N) is 1. The monoisotopic (exact) mass is 206 g/mol. The summed E-state index contributed by atoms with van der Waals surface area (Å²) >= 11 is 0. The largest absolute Gasteiger partial charge is 0.399 e. The van der Waals surface area contributed by atoms with Gasteiger partial charge < -0.3 is 10.6 Å². The number of nitrogen functional groups attached to an aromatic ring is 1. The number of amides is 1. The van der Waals surface area contributed by atoms with Gasteiger partial charge in [-0.3, -0.25) is 4.79 Å². The minimum atomic E-state index is 0.0810. The first-order chi connectivity index (χ1) is 7.10. The van der Waals surface area contributed by atoms with E-state index < -0.39 is 0 Å². The van der Waals surface area contributed by atoms with Gasteiger partial charge in [-0.1, -0.05) is 0 Å². The van der Waals surface area contributed by atoms with Crippen LogP contribution in [0.25, 0.3) is 0 Å². The van der Waals surface area contributed by atoms with Crippen LogP contribution < -0.4 is 5.73 Å². The molecule has 0 heterocycles. The van der Waals surface area contributed by atoms with E-state index in [1.165, 1.54) is 0 Å². The number of hydrogen-bond acceptors (Lipinski definition) is 2. The van der Waals surface area contributed by atoms with Gasteiger partial charge in [0.05, 0.1) is 0 Å². The molecule has 1 aromatic rings. The van der Waals surface area contributed by atoms with Gasteiger partial charge in [0, 0.05) is 24.3 Å². The average Bonchev–Trinajstić information content (AvgIpc) is 2.19. The van der Waals surface area contributed by atoms with Crippen LogP contribution in [0.3, 0.4) is 0 Å². The number of aryl methyl sites for hydroxylation is 1. The van der Waals surface area contributed by atoms with Gasteiger partial charge in [-0.15, -0.1) is 0 Å². The van der Waals surface area contributed by atoms with Crippen LogP contribution in [0, 0.1) is 6.92 Å². The molecule has 0 unspecified atom stereocenters. The minimum Gasteiger partial charge on any atom is -0.399 e. The maximum Gasteiger partial charge on any atom is 0.254 e. The normalized spacial score (nSPS) is 10.1. The molecule has 0 spiro atoms. The number of carbonyl (C=O) groups is 1. The molecule has 0 radical (unpaired) electrons. The van der Waals surface area contributed by atoms with Gasteiger partial charge in [0.25, 0.3) is 5.91 Å². The van der Waals surface area contributed by atoms with E-state index >= 15 is 0 Å². The van der Waals surface area contributed by atoms with E-state index in [2.05, 4.69) is 0 Å². The fourth-order valence-electron chi connectivity index (χ4n) is 1.61. The smallest absolute Gasteiger partial charge is 0.254 e. The van der Waals surface area contributed by atoms with E-state index in [1.54, 1.807) is 17.0 Å². The molecule has 1 amide bonds. The quantitative estimate of drug-likeness (QED) is 0.769. The minimum absolute atomic E-state index is 0.0810. The van der Waals surface area contributed by atoms with Crippen molar-refractivity contribution in [3.05, 3.63) is 29.3 Å². The average molecular weight is 206 g/mol. The maximum absolute atomic E-state index is 12.0. The summed E-state index contributed by atoms with van der Waals surface area (Å²) in [6.45, 7) is 7.34. The van der Waals surface area contributed by atoms with Crippen LogP contribution in [0.5, 0.6) is 0 Å². The molecule has 0 saturated carbocycles. The number of rotatable bonds is 3. The highest BCUT2D eigenvalue weighted by Crippen LogP contribution is 2.14. The zero-order valence-corrected chi connectivity index (χ0v) is 9.58. The van der Waals surface area contributed by atoms with Crippen LogP contribution >= 0.6 is 0 Å². The Hall–Kier alpha value is -1.51. The Morgan fingerprint density at radius 1 is 1.33 bits per heavy atom. The molecule has 0 saturated heterocycles. The molecule has 15 heavy (non-hydrogen) atoms. The Morgan fingerprint density at radius 3 is 2.40 bits per heavy atom. The second kappa shape index (κ2) is 4.82. The third kappa shape index (κ3) is 2.49. The van der Waals surface area contributed by atoms with Crippen LogP contribution in [0.4, 0.5) is 5.69 Å². The molecule has 2 N–H and O–H groups in total. The second-order valence-electron chi connectivity index (χ2n) is 3.55. The van der Waals surface area contributed by atoms with Crippen molar-refractivity contribution in [1.29, 1.82) is 0 Å². The van der Waals surface area contributed by atoms with Gasteiger partial charge in [-0.2, -0.15) is 0 Å². The van der Waals surface area contributed by atoms with Crippen molar-refractivity contribution in [3.8, 4) is 0 Å². The first-order valence-corrected chi connectivity index (χ1v) is 5.25. The predicted molar refractivity (Wildman–Crippen MR) is 62.8 cm³/mol. The Labute approximate surface area is 90.9 Å². The van der Waals surface area contributed by atoms with Crippen LogP contribution in [-0.4, -0.2) is 23.9 Å². The third-order valence-corrected chi connectivity index (χ3v) is 2.53. The van der Waals surface area contributed by atoms with Crippen LogP contribution in [-0.2, 0) is 0 Å². The van der Waals surface area contributed by atoms with E-state index in [-0.39, 0.29) is 5.91 Å². The lowest BCUT2D eigenvalue weighted by Crippen LogP contribution is -2.30. The second-order valence-corrected chi connectivity index (χ2v) is 3.55. The Balaban J connectivity index is 3.00. The third-order valence-electron chi connectivity index (χ3n) is 2.53. The lowest BCUT2D eigenvalue weighted by Gasteiger charge is -2.19. The highest BCUT2D eigenvalue weighted by molar-refractivity contribution is 5.96. The van der Waals surface area contributed by atoms with E-state index in [4.69, 9.17) is 5.73 Å². The van der Waals surface area contributed by atoms with Crippen molar-refractivity contribution < 1.29 is 4.79 Å². The standard InChI is InChI=1S/C12H18N2O/c1-4-14(5-2)12(15)11-7-6-10(13)8-9(11)3/h6-8H,4-5,13H2,1-3H3. The van der Waals surface area contributed by atoms with Gasteiger partial charge in [-0.25, -0.2) is 0 Å². The van der Waals surface area contributed by atoms with Crippen molar-refractivity contribution in [2.45, 2.75) is 20.8 Å². The summed E-state index contributed by atoms with van der Waals surface area (Å²) in [4.78, 5) is 13.8. The lowest BCUT2D eigenvalue weighted by atomic mass is 10.1. The summed E-state index contributed by atoms with van der Waals surface area (Å²) in [6.07, 6.45) is 0. The number of carbonyl (C=O) groups excluding carboxylic acids is 1. The molecule has 1 rings (SSSR count). The van der Waals surface area contributed by atoms with Gasteiger partial charge in [-0.05, 0) is 44.5 Å². The van der Waals surface area contributed by atoms with Crippen molar-refractivity contribution >= 4 is 11.6 Å². The van der Waals surface area contributed by atoms with Gasteiger partial charge in [0.15, 0.2) is 0 Å². The molecule has 0 bridgehead atoms. The lowest BCUT2D eigenvalue weighted by molar-refractivity contribution is 0.0772. The molecular weight excluding hydrogens is 188 g/mol. The molecule has 0 atom stereocenters. The Bertz CT molecular complexity index is 357. The van der Waals surface area contributed by atoms with E-state index in [1.807, 2.05) is 26.8 Å².